The number of hydrogen-bond donors (Lipinski definition) is 1. The summed E-state index contributed by atoms with van der Waals surface area (Å²) in [5, 5.41) is 13.9. The van der Waals surface area contributed by atoms with Crippen LogP contribution >= 0.6 is 0 Å². The number of carbonyl (C=O) groups excluding carboxylic acids is 1. The number of aryl methyl sites for hydroxylation is 1. The van der Waals surface area contributed by atoms with E-state index in [4.69, 9.17) is 9.47 Å². The van der Waals surface area contributed by atoms with E-state index in [0.29, 0.717) is 19.8 Å². The number of alkyl carbamates (subject to hydrolysis) is 1. The third kappa shape index (κ3) is 5.96. The van der Waals surface area contributed by atoms with Gasteiger partial charge in [-0.15, -0.1) is 0 Å². The Balaban J connectivity index is 2.21. The lowest BCUT2D eigenvalue weighted by Gasteiger charge is -2.32. The third-order valence-corrected chi connectivity index (χ3v) is 4.08. The first-order valence-corrected chi connectivity index (χ1v) is 8.70. The van der Waals surface area contributed by atoms with Gasteiger partial charge in [-0.05, 0) is 44.9 Å². The number of nitrogens with one attached hydrogen (secondary N) is 1. The van der Waals surface area contributed by atoms with Crippen molar-refractivity contribution in [2.24, 2.45) is 0 Å². The molecule has 1 saturated heterocycles. The summed E-state index contributed by atoms with van der Waals surface area (Å²) < 4.78 is 10.8. The molecule has 1 amide bonds. The van der Waals surface area contributed by atoms with Crippen molar-refractivity contribution in [3.8, 4) is 0 Å². The van der Waals surface area contributed by atoms with Crippen molar-refractivity contribution in [1.29, 1.82) is 0 Å². The molecule has 1 aliphatic rings. The second-order valence-electron chi connectivity index (χ2n) is 7.41. The highest BCUT2D eigenvalue weighted by Crippen LogP contribution is 2.24. The summed E-state index contributed by atoms with van der Waals surface area (Å²) >= 11 is 0. The Kier molecular flexibility index (Phi) is 6.55. The minimum atomic E-state index is -0.599. The number of nitro benzene ring substituents is 1. The average molecular weight is 365 g/mol. The lowest BCUT2D eigenvalue weighted by atomic mass is 10.00. The van der Waals surface area contributed by atoms with Gasteiger partial charge in [-0.2, -0.15) is 0 Å². The van der Waals surface area contributed by atoms with Crippen molar-refractivity contribution in [3.05, 3.63) is 39.4 Å². The van der Waals surface area contributed by atoms with E-state index in [-0.39, 0.29) is 11.7 Å². The van der Waals surface area contributed by atoms with Crippen LogP contribution in [0.4, 0.5) is 10.5 Å². The SMILES string of the molecule is Cc1cc([N+](=O)[O-])ccc1C(CN1CCOCC1)NC(=O)OC(C)(C)C. The van der Waals surface area contributed by atoms with Gasteiger partial charge in [-0.25, -0.2) is 4.79 Å². The monoisotopic (exact) mass is 365 g/mol. The van der Waals surface area contributed by atoms with Gasteiger partial charge in [-0.3, -0.25) is 15.0 Å². The van der Waals surface area contributed by atoms with E-state index in [0.717, 1.165) is 24.2 Å². The highest BCUT2D eigenvalue weighted by atomic mass is 16.6. The van der Waals surface area contributed by atoms with E-state index in [1.807, 2.05) is 6.92 Å². The maximum atomic E-state index is 12.3. The number of hydrogen-bond acceptors (Lipinski definition) is 6. The first-order chi connectivity index (χ1) is 12.2. The molecule has 1 fully saturated rings. The van der Waals surface area contributed by atoms with Gasteiger partial charge in [0.2, 0.25) is 0 Å². The molecule has 1 atom stereocenters. The molecule has 1 aromatic rings. The quantitative estimate of drug-likeness (QED) is 0.637. The van der Waals surface area contributed by atoms with Gasteiger partial charge in [0.15, 0.2) is 0 Å². The summed E-state index contributed by atoms with van der Waals surface area (Å²) in [5.74, 6) is 0. The summed E-state index contributed by atoms with van der Waals surface area (Å²) in [5.41, 5.74) is 1.04. The Morgan fingerprint density at radius 3 is 2.58 bits per heavy atom. The van der Waals surface area contributed by atoms with Crippen molar-refractivity contribution < 1.29 is 19.2 Å². The minimum absolute atomic E-state index is 0.0358. The maximum Gasteiger partial charge on any atom is 0.408 e. The highest BCUT2D eigenvalue weighted by Gasteiger charge is 2.25. The Labute approximate surface area is 153 Å². The Morgan fingerprint density at radius 1 is 1.38 bits per heavy atom. The number of amides is 1. The summed E-state index contributed by atoms with van der Waals surface area (Å²) in [6.07, 6.45) is -0.506. The second kappa shape index (κ2) is 8.46. The normalized spacial score (nSPS) is 16.8. The third-order valence-electron chi connectivity index (χ3n) is 4.08. The molecule has 2 rings (SSSR count). The molecule has 0 aliphatic carbocycles. The zero-order valence-electron chi connectivity index (χ0n) is 15.8. The van der Waals surface area contributed by atoms with E-state index in [2.05, 4.69) is 10.2 Å². The van der Waals surface area contributed by atoms with Crippen molar-refractivity contribution in [1.82, 2.24) is 10.2 Å². The van der Waals surface area contributed by atoms with Gasteiger partial charge in [0.1, 0.15) is 5.60 Å². The summed E-state index contributed by atoms with van der Waals surface area (Å²) in [4.78, 5) is 25.0. The molecule has 1 N–H and O–H groups in total. The topological polar surface area (TPSA) is 93.9 Å². The first kappa shape index (κ1) is 20.1. The molecule has 1 aromatic carbocycles. The van der Waals surface area contributed by atoms with Gasteiger partial charge >= 0.3 is 6.09 Å². The average Bonchev–Trinajstić information content (AvgIpc) is 2.53. The van der Waals surface area contributed by atoms with Crippen LogP contribution in [-0.2, 0) is 9.47 Å². The zero-order chi connectivity index (χ0) is 19.3. The number of non-ortho nitro benzene ring substituents is 1. The van der Waals surface area contributed by atoms with Gasteiger partial charge < -0.3 is 14.8 Å². The molecule has 144 valence electrons. The van der Waals surface area contributed by atoms with Gasteiger partial charge in [0, 0.05) is 31.8 Å². The minimum Gasteiger partial charge on any atom is -0.444 e. The van der Waals surface area contributed by atoms with Gasteiger partial charge in [-0.1, -0.05) is 0 Å². The largest absolute Gasteiger partial charge is 0.444 e. The number of nitro groups is 1. The van der Waals surface area contributed by atoms with Crippen LogP contribution in [-0.4, -0.2) is 54.4 Å². The molecular weight excluding hydrogens is 338 g/mol. The number of rotatable bonds is 5. The Bertz CT molecular complexity index is 651. The van der Waals surface area contributed by atoms with Crippen molar-refractivity contribution in [2.75, 3.05) is 32.8 Å². The smallest absolute Gasteiger partial charge is 0.408 e. The molecule has 1 unspecified atom stereocenters. The fourth-order valence-electron chi connectivity index (χ4n) is 2.88. The summed E-state index contributed by atoms with van der Waals surface area (Å²) in [7, 11) is 0. The molecule has 8 heteroatoms. The van der Waals surface area contributed by atoms with Crippen molar-refractivity contribution in [3.63, 3.8) is 0 Å². The van der Waals surface area contributed by atoms with Crippen LogP contribution in [0.3, 0.4) is 0 Å². The number of benzene rings is 1. The van der Waals surface area contributed by atoms with E-state index < -0.39 is 16.6 Å². The Hall–Kier alpha value is -2.19. The Morgan fingerprint density at radius 2 is 2.04 bits per heavy atom. The first-order valence-electron chi connectivity index (χ1n) is 8.70. The molecule has 0 saturated carbocycles. The van der Waals surface area contributed by atoms with Crippen molar-refractivity contribution in [2.45, 2.75) is 39.3 Å². The predicted octanol–water partition coefficient (Wildman–Crippen LogP) is 2.80. The van der Waals surface area contributed by atoms with Crippen LogP contribution in [0.15, 0.2) is 18.2 Å². The molecule has 1 aliphatic heterocycles. The van der Waals surface area contributed by atoms with E-state index in [1.165, 1.54) is 12.1 Å². The summed E-state index contributed by atoms with van der Waals surface area (Å²) in [6, 6.07) is 4.36. The highest BCUT2D eigenvalue weighted by molar-refractivity contribution is 5.68. The molecule has 1 heterocycles. The van der Waals surface area contributed by atoms with E-state index >= 15 is 0 Å². The lowest BCUT2D eigenvalue weighted by Crippen LogP contribution is -2.44. The molecule has 0 aromatic heterocycles. The molecule has 0 bridgehead atoms. The fourth-order valence-corrected chi connectivity index (χ4v) is 2.88. The fraction of sp³-hybridized carbons (Fsp3) is 0.611. The molecule has 0 spiro atoms. The number of morpholine rings is 1. The van der Waals surface area contributed by atoms with Gasteiger partial charge in [0.25, 0.3) is 5.69 Å². The number of nitrogens with zero attached hydrogens (tertiary/aromatic N) is 2. The number of ether oxygens (including phenoxy) is 2. The molecule has 0 radical (unpaired) electrons. The van der Waals surface area contributed by atoms with Crippen LogP contribution in [0.1, 0.15) is 37.9 Å². The standard InChI is InChI=1S/C18H27N3O5/c1-13-11-14(21(23)24)5-6-15(13)16(12-20-7-9-25-10-8-20)19-17(22)26-18(2,3)4/h5-6,11,16H,7-10,12H2,1-4H3,(H,19,22). The summed E-state index contributed by atoms with van der Waals surface area (Å²) in [6.45, 7) is 10.7. The maximum absolute atomic E-state index is 12.3. The molecule has 26 heavy (non-hydrogen) atoms. The molecular formula is C18H27N3O5. The lowest BCUT2D eigenvalue weighted by molar-refractivity contribution is -0.384. The zero-order valence-corrected chi connectivity index (χ0v) is 15.8. The van der Waals surface area contributed by atoms with Crippen LogP contribution < -0.4 is 5.32 Å². The van der Waals surface area contributed by atoms with Crippen LogP contribution in [0, 0.1) is 17.0 Å². The van der Waals surface area contributed by atoms with E-state index in [9.17, 15) is 14.9 Å². The molecule has 8 nitrogen and oxygen atoms in total. The van der Waals surface area contributed by atoms with Crippen LogP contribution in [0.25, 0.3) is 0 Å². The predicted molar refractivity (Wildman–Crippen MR) is 97.2 cm³/mol. The van der Waals surface area contributed by atoms with Gasteiger partial charge in [0.05, 0.1) is 24.2 Å². The second-order valence-corrected chi connectivity index (χ2v) is 7.41. The van der Waals surface area contributed by atoms with E-state index in [1.54, 1.807) is 26.8 Å². The van der Waals surface area contributed by atoms with Crippen LogP contribution in [0.5, 0.6) is 0 Å². The van der Waals surface area contributed by atoms with Crippen molar-refractivity contribution >= 4 is 11.8 Å². The van der Waals surface area contributed by atoms with Crippen LogP contribution in [0.2, 0.25) is 0 Å². The number of carbonyl (C=O) groups is 1.